The Hall–Kier alpha value is 0.206. The summed E-state index contributed by atoms with van der Waals surface area (Å²) in [5.74, 6) is 0. The van der Waals surface area contributed by atoms with Gasteiger partial charge in [-0.3, -0.25) is 6.58 Å². The molecule has 0 unspecified atom stereocenters. The molecule has 2 heteroatoms. The summed E-state index contributed by atoms with van der Waals surface area (Å²) < 4.78 is 0. The SMILES string of the molecule is [Br-].[CH-]=Cc1ccccc1.[Mg+2]. The number of hydrogen-bond donors (Lipinski definition) is 0. The van der Waals surface area contributed by atoms with E-state index in [1.807, 2.05) is 30.3 Å². The fraction of sp³-hybridized carbons (Fsp3) is 0. The molecule has 10 heavy (non-hydrogen) atoms. The third-order valence-corrected chi connectivity index (χ3v) is 0.992. The second-order valence-electron chi connectivity index (χ2n) is 1.58. The molecule has 0 atom stereocenters. The molecule has 0 bridgehead atoms. The van der Waals surface area contributed by atoms with Crippen LogP contribution in [0, 0.1) is 6.58 Å². The van der Waals surface area contributed by atoms with E-state index < -0.39 is 0 Å². The van der Waals surface area contributed by atoms with E-state index in [4.69, 9.17) is 6.58 Å². The molecule has 0 radical (unpaired) electrons. The van der Waals surface area contributed by atoms with Gasteiger partial charge in [0.25, 0.3) is 0 Å². The summed E-state index contributed by atoms with van der Waals surface area (Å²) in [7, 11) is 0. The Morgan fingerprint density at radius 3 is 1.90 bits per heavy atom. The molecule has 0 heterocycles. The van der Waals surface area contributed by atoms with Gasteiger partial charge in [-0.2, -0.15) is 5.56 Å². The molecule has 0 aromatic heterocycles. The summed E-state index contributed by atoms with van der Waals surface area (Å²) in [5.41, 5.74) is 1.06. The van der Waals surface area contributed by atoms with Crippen LogP contribution in [0.1, 0.15) is 5.56 Å². The zero-order valence-electron chi connectivity index (χ0n) is 5.63. The summed E-state index contributed by atoms with van der Waals surface area (Å²) in [6.45, 7) is 5.22. The van der Waals surface area contributed by atoms with Gasteiger partial charge in [0, 0.05) is 0 Å². The van der Waals surface area contributed by atoms with Crippen molar-refractivity contribution in [1.82, 2.24) is 0 Å². The quantitative estimate of drug-likeness (QED) is 0.399. The van der Waals surface area contributed by atoms with Gasteiger partial charge >= 0.3 is 23.1 Å². The average molecular weight is 207 g/mol. The molecule has 0 aliphatic rings. The van der Waals surface area contributed by atoms with Gasteiger partial charge in [0.2, 0.25) is 0 Å². The molecular formula is C8H7BrMg. The number of rotatable bonds is 1. The Balaban J connectivity index is 0. The summed E-state index contributed by atoms with van der Waals surface area (Å²) in [6, 6.07) is 9.80. The predicted molar refractivity (Wildman–Crippen MR) is 41.0 cm³/mol. The molecule has 1 rings (SSSR count). The Kier molecular flexibility index (Phi) is 9.40. The van der Waals surface area contributed by atoms with Crippen LogP contribution in [0.2, 0.25) is 0 Å². The van der Waals surface area contributed by atoms with E-state index >= 15 is 0 Å². The molecule has 0 nitrogen and oxygen atoms in total. The summed E-state index contributed by atoms with van der Waals surface area (Å²) in [6.07, 6.45) is 1.58. The van der Waals surface area contributed by atoms with Gasteiger partial charge in [0.05, 0.1) is 0 Å². The normalized spacial score (nSPS) is 6.80. The first-order chi connectivity index (χ1) is 3.93. The molecule has 0 spiro atoms. The first-order valence-electron chi connectivity index (χ1n) is 2.53. The van der Waals surface area contributed by atoms with Gasteiger partial charge in [0.15, 0.2) is 0 Å². The van der Waals surface area contributed by atoms with Crippen LogP contribution in [0.5, 0.6) is 0 Å². The molecule has 0 amide bonds. The van der Waals surface area contributed by atoms with E-state index in [1.165, 1.54) is 0 Å². The Morgan fingerprint density at radius 2 is 1.60 bits per heavy atom. The minimum absolute atomic E-state index is 0. The Labute approximate surface area is 88.3 Å². The van der Waals surface area contributed by atoms with E-state index in [1.54, 1.807) is 6.08 Å². The smallest absolute Gasteiger partial charge is 1.00 e. The van der Waals surface area contributed by atoms with Crippen molar-refractivity contribution in [3.63, 3.8) is 0 Å². The van der Waals surface area contributed by atoms with Crippen LogP contribution in [0.15, 0.2) is 30.3 Å². The van der Waals surface area contributed by atoms with Crippen LogP contribution in [-0.4, -0.2) is 23.1 Å². The first-order valence-corrected chi connectivity index (χ1v) is 2.53. The van der Waals surface area contributed by atoms with Crippen molar-refractivity contribution < 1.29 is 17.0 Å². The molecule has 1 aromatic rings. The van der Waals surface area contributed by atoms with Crippen molar-refractivity contribution in [2.45, 2.75) is 0 Å². The number of benzene rings is 1. The van der Waals surface area contributed by atoms with E-state index in [-0.39, 0.29) is 40.0 Å². The van der Waals surface area contributed by atoms with Crippen LogP contribution in [0.25, 0.3) is 6.08 Å². The van der Waals surface area contributed by atoms with Crippen molar-refractivity contribution in [3.05, 3.63) is 42.5 Å². The van der Waals surface area contributed by atoms with Gasteiger partial charge in [-0.05, 0) is 0 Å². The van der Waals surface area contributed by atoms with Crippen molar-refractivity contribution in [3.8, 4) is 0 Å². The molecule has 0 saturated carbocycles. The molecule has 0 aliphatic carbocycles. The Bertz CT molecular complexity index is 172. The summed E-state index contributed by atoms with van der Waals surface area (Å²) in [5, 5.41) is 0. The molecule has 0 N–H and O–H groups in total. The molecule has 48 valence electrons. The van der Waals surface area contributed by atoms with Crippen LogP contribution in [0.3, 0.4) is 0 Å². The standard InChI is InChI=1S/C8H7.BrH.Mg/c1-2-8-6-4-3-5-7-8;;/h1-7H;1H;/q-1;;+2/p-1. The molecule has 0 fully saturated rings. The third-order valence-electron chi connectivity index (χ3n) is 0.992. The minimum Gasteiger partial charge on any atom is -1.00 e. The van der Waals surface area contributed by atoms with Crippen LogP contribution >= 0.6 is 0 Å². The van der Waals surface area contributed by atoms with Crippen LogP contribution in [0.4, 0.5) is 0 Å². The van der Waals surface area contributed by atoms with Gasteiger partial charge in [-0.15, -0.1) is 12.1 Å². The second kappa shape index (κ2) is 7.31. The Morgan fingerprint density at radius 1 is 1.10 bits per heavy atom. The first kappa shape index (κ1) is 12.8. The van der Waals surface area contributed by atoms with Crippen molar-refractivity contribution in [1.29, 1.82) is 0 Å². The zero-order chi connectivity index (χ0) is 5.82. The van der Waals surface area contributed by atoms with Gasteiger partial charge in [-0.1, -0.05) is 18.2 Å². The average Bonchev–Trinajstić information content (AvgIpc) is 1.90. The topological polar surface area (TPSA) is 0 Å². The summed E-state index contributed by atoms with van der Waals surface area (Å²) >= 11 is 0. The monoisotopic (exact) mass is 206 g/mol. The van der Waals surface area contributed by atoms with E-state index in [0.29, 0.717) is 0 Å². The largest absolute Gasteiger partial charge is 2.00 e. The maximum atomic E-state index is 5.22. The molecule has 1 aromatic carbocycles. The van der Waals surface area contributed by atoms with Crippen molar-refractivity contribution in [2.75, 3.05) is 0 Å². The van der Waals surface area contributed by atoms with E-state index in [9.17, 15) is 0 Å². The fourth-order valence-corrected chi connectivity index (χ4v) is 0.564. The minimum atomic E-state index is 0. The molecule has 0 aliphatic heterocycles. The van der Waals surface area contributed by atoms with Gasteiger partial charge < -0.3 is 17.0 Å². The summed E-state index contributed by atoms with van der Waals surface area (Å²) in [4.78, 5) is 0. The number of halogens is 1. The van der Waals surface area contributed by atoms with E-state index in [0.717, 1.165) is 5.56 Å². The maximum absolute atomic E-state index is 5.22. The van der Waals surface area contributed by atoms with Crippen molar-refractivity contribution in [2.24, 2.45) is 0 Å². The zero-order valence-corrected chi connectivity index (χ0v) is 8.63. The van der Waals surface area contributed by atoms with Crippen molar-refractivity contribution >= 4 is 29.1 Å². The van der Waals surface area contributed by atoms with Crippen LogP contribution in [-0.2, 0) is 0 Å². The van der Waals surface area contributed by atoms with E-state index in [2.05, 4.69) is 0 Å². The third kappa shape index (κ3) is 4.09. The molecular weight excluding hydrogens is 200 g/mol. The number of hydrogen-bond acceptors (Lipinski definition) is 0. The van der Waals surface area contributed by atoms with Gasteiger partial charge in [-0.25, -0.2) is 6.08 Å². The predicted octanol–water partition coefficient (Wildman–Crippen LogP) is -1.24. The maximum Gasteiger partial charge on any atom is 2.00 e. The van der Waals surface area contributed by atoms with Crippen LogP contribution < -0.4 is 17.0 Å². The van der Waals surface area contributed by atoms with Gasteiger partial charge in [0.1, 0.15) is 0 Å². The second-order valence-corrected chi connectivity index (χ2v) is 1.58. The fourth-order valence-electron chi connectivity index (χ4n) is 0.564. The molecule has 0 saturated heterocycles.